The van der Waals surface area contributed by atoms with Gasteiger partial charge in [0.05, 0.1) is 0 Å². The largest absolute Gasteiger partial charge is 2.00 e. The first-order valence-electron chi connectivity index (χ1n) is 8.99. The molecule has 0 nitrogen and oxygen atoms in total. The summed E-state index contributed by atoms with van der Waals surface area (Å²) in [6.45, 7) is 24.3. The number of hydrogen-bond acceptors (Lipinski definition) is 0. The Hall–Kier alpha value is -0.00571. The van der Waals surface area contributed by atoms with E-state index in [2.05, 4.69) is 107 Å². The third-order valence-corrected chi connectivity index (χ3v) is 4.97. The fourth-order valence-corrected chi connectivity index (χ4v) is 2.75. The van der Waals surface area contributed by atoms with Crippen LogP contribution < -0.4 is 0 Å². The molecular formula is C24H38Cl2Ti. The van der Waals surface area contributed by atoms with Crippen molar-refractivity contribution in [3.63, 3.8) is 0 Å². The van der Waals surface area contributed by atoms with Gasteiger partial charge in [0.25, 0.3) is 0 Å². The van der Waals surface area contributed by atoms with Crippen LogP contribution in [0.4, 0.5) is 0 Å². The molecule has 0 radical (unpaired) electrons. The van der Waals surface area contributed by atoms with Crippen molar-refractivity contribution in [3.05, 3.63) is 58.2 Å². The van der Waals surface area contributed by atoms with Gasteiger partial charge in [0.1, 0.15) is 0 Å². The molecule has 0 saturated carbocycles. The van der Waals surface area contributed by atoms with Crippen molar-refractivity contribution in [1.82, 2.24) is 0 Å². The minimum Gasteiger partial charge on any atom is -0.263 e. The summed E-state index contributed by atoms with van der Waals surface area (Å²) in [6, 6.07) is 9.98. The normalized spacial score (nSPS) is 15.4. The van der Waals surface area contributed by atoms with Gasteiger partial charge < -0.3 is 0 Å². The third kappa shape index (κ3) is 8.91. The first kappa shape index (κ1) is 31.7. The zero-order chi connectivity index (χ0) is 18.9. The van der Waals surface area contributed by atoms with Gasteiger partial charge in [-0.05, 0) is 10.8 Å². The van der Waals surface area contributed by atoms with Crippen molar-refractivity contribution in [3.8, 4) is 0 Å². The number of allylic oxidation sites excluding steroid dienone is 4. The second-order valence-electron chi connectivity index (χ2n) is 9.60. The second kappa shape index (κ2) is 11.2. The van der Waals surface area contributed by atoms with Crippen LogP contribution in [-0.4, -0.2) is 0 Å². The molecule has 152 valence electrons. The molecule has 0 aromatic heterocycles. The van der Waals surface area contributed by atoms with E-state index in [0.29, 0.717) is 0 Å². The molecule has 1 aliphatic carbocycles. The van der Waals surface area contributed by atoms with E-state index >= 15 is 0 Å². The average molecular weight is 445 g/mol. The molecule has 0 fully saturated rings. The Morgan fingerprint density at radius 2 is 1.15 bits per heavy atom. The maximum absolute atomic E-state index is 3.52. The molecular weight excluding hydrogens is 407 g/mol. The minimum atomic E-state index is 0. The van der Waals surface area contributed by atoms with Gasteiger partial charge in [-0.2, -0.15) is 46.5 Å². The summed E-state index contributed by atoms with van der Waals surface area (Å²) in [6.07, 6.45) is 3.44. The van der Waals surface area contributed by atoms with Crippen LogP contribution in [0.5, 0.6) is 0 Å². The van der Waals surface area contributed by atoms with Crippen LogP contribution in [0.3, 0.4) is 0 Å². The van der Waals surface area contributed by atoms with E-state index in [-0.39, 0.29) is 62.8 Å². The van der Waals surface area contributed by atoms with E-state index in [1.807, 2.05) is 0 Å². The van der Waals surface area contributed by atoms with Crippen molar-refractivity contribution < 1.29 is 21.7 Å². The molecule has 0 aliphatic heterocycles. The summed E-state index contributed by atoms with van der Waals surface area (Å²) < 4.78 is 0. The molecule has 3 heteroatoms. The third-order valence-electron chi connectivity index (χ3n) is 4.97. The number of halogens is 2. The Morgan fingerprint density at radius 3 is 1.33 bits per heavy atom. The zero-order valence-electron chi connectivity index (χ0n) is 19.0. The predicted molar refractivity (Wildman–Crippen MR) is 122 cm³/mol. The van der Waals surface area contributed by atoms with Gasteiger partial charge in [-0.3, -0.25) is 6.08 Å². The molecule has 1 aromatic carbocycles. The smallest absolute Gasteiger partial charge is 0.263 e. The van der Waals surface area contributed by atoms with Crippen molar-refractivity contribution in [1.29, 1.82) is 0 Å². The molecule has 0 amide bonds. The molecule has 27 heavy (non-hydrogen) atoms. The maximum Gasteiger partial charge on any atom is 2.00 e. The van der Waals surface area contributed by atoms with E-state index in [4.69, 9.17) is 0 Å². The predicted octanol–water partition coefficient (Wildman–Crippen LogP) is 8.03. The molecule has 0 atom stereocenters. The Labute approximate surface area is 196 Å². The summed E-state index contributed by atoms with van der Waals surface area (Å²) in [5.74, 6) is 0. The van der Waals surface area contributed by atoms with E-state index in [1.165, 1.54) is 27.8 Å². The van der Waals surface area contributed by atoms with Crippen LogP contribution in [-0.2, 0) is 32.5 Å². The van der Waals surface area contributed by atoms with Crippen molar-refractivity contribution >= 4 is 24.8 Å². The van der Waals surface area contributed by atoms with Crippen LogP contribution >= 0.6 is 24.8 Å². The molecule has 2 rings (SSSR count). The minimum absolute atomic E-state index is 0. The summed E-state index contributed by atoms with van der Waals surface area (Å²) in [7, 11) is 0. The first-order valence-corrected chi connectivity index (χ1v) is 8.99. The molecule has 0 saturated heterocycles. The average Bonchev–Trinajstić information content (AvgIpc) is 2.60. The Morgan fingerprint density at radius 1 is 0.778 bits per heavy atom. The fraction of sp³-hybridized carbons (Fsp3) is 0.583. The van der Waals surface area contributed by atoms with Gasteiger partial charge in [-0.15, -0.1) is 31.7 Å². The van der Waals surface area contributed by atoms with Crippen molar-refractivity contribution in [2.24, 2.45) is 5.41 Å². The molecule has 0 unspecified atom stereocenters. The SMILES string of the molecule is CC(C)(C)c1[c-]c(C(C)(C)C)ccc1.CC1=[C-]C(C)(C)C(C)=C1C.Cl.Cl.[Ti+2]. The number of hydrogen-bond donors (Lipinski definition) is 0. The van der Waals surface area contributed by atoms with E-state index < -0.39 is 0 Å². The van der Waals surface area contributed by atoms with Gasteiger partial charge in [0.2, 0.25) is 0 Å². The van der Waals surface area contributed by atoms with Gasteiger partial charge in [0, 0.05) is 0 Å². The van der Waals surface area contributed by atoms with Crippen LogP contribution in [0, 0.1) is 17.6 Å². The first-order chi connectivity index (χ1) is 10.7. The molecule has 0 N–H and O–H groups in total. The zero-order valence-corrected chi connectivity index (χ0v) is 22.2. The van der Waals surface area contributed by atoms with E-state index in [9.17, 15) is 0 Å². The fourth-order valence-electron chi connectivity index (χ4n) is 2.75. The van der Waals surface area contributed by atoms with Crippen LogP contribution in [0.2, 0.25) is 0 Å². The number of rotatable bonds is 0. The summed E-state index contributed by atoms with van der Waals surface area (Å²) in [5, 5.41) is 0. The van der Waals surface area contributed by atoms with Crippen molar-refractivity contribution in [2.45, 2.75) is 87.0 Å². The monoisotopic (exact) mass is 444 g/mol. The standard InChI is InChI=1S/C14H21.C10H15.2ClH.Ti/c1-13(2,3)11-8-7-9-12(10-11)14(4,5)6;1-7-6-10(4,5)9(3)8(7)2;;;/h7-9H,1-6H3;1-5H3;2*1H;/q2*-1;;;+2. The van der Waals surface area contributed by atoms with Crippen LogP contribution in [0.1, 0.15) is 87.3 Å². The van der Waals surface area contributed by atoms with Gasteiger partial charge in [-0.25, -0.2) is 5.57 Å². The summed E-state index contributed by atoms with van der Waals surface area (Å²) in [4.78, 5) is 0. The molecule has 0 spiro atoms. The summed E-state index contributed by atoms with van der Waals surface area (Å²) in [5.41, 5.74) is 7.38. The molecule has 0 heterocycles. The molecule has 0 bridgehead atoms. The van der Waals surface area contributed by atoms with Gasteiger partial charge >= 0.3 is 21.7 Å². The van der Waals surface area contributed by atoms with Gasteiger partial charge in [-0.1, -0.05) is 74.7 Å². The van der Waals surface area contributed by atoms with Crippen LogP contribution in [0.25, 0.3) is 0 Å². The van der Waals surface area contributed by atoms with Crippen LogP contribution in [0.15, 0.2) is 34.9 Å². The quantitative estimate of drug-likeness (QED) is 0.280. The second-order valence-corrected chi connectivity index (χ2v) is 9.60. The van der Waals surface area contributed by atoms with Crippen molar-refractivity contribution in [2.75, 3.05) is 0 Å². The number of benzene rings is 1. The topological polar surface area (TPSA) is 0 Å². The Bertz CT molecular complexity index is 624. The Kier molecular flexibility index (Phi) is 13.2. The van der Waals surface area contributed by atoms with Gasteiger partial charge in [0.15, 0.2) is 0 Å². The van der Waals surface area contributed by atoms with E-state index in [1.54, 1.807) is 0 Å². The molecule has 1 aromatic rings. The van der Waals surface area contributed by atoms with E-state index in [0.717, 1.165) is 0 Å². The summed E-state index contributed by atoms with van der Waals surface area (Å²) >= 11 is 0. The maximum atomic E-state index is 3.52. The molecule has 1 aliphatic rings. The Balaban J connectivity index is -0.000000400.